The Hall–Kier alpha value is -2.94. The number of carbonyl (C=O) groups excluding carboxylic acids is 2. The van der Waals surface area contributed by atoms with Crippen LogP contribution >= 0.6 is 0 Å². The highest BCUT2D eigenvalue weighted by atomic mass is 16.5. The summed E-state index contributed by atoms with van der Waals surface area (Å²) in [4.78, 5) is 28.9. The Kier molecular flexibility index (Phi) is 8.61. The van der Waals surface area contributed by atoms with Crippen molar-refractivity contribution >= 4 is 17.6 Å². The number of carbonyl (C=O) groups is 2. The van der Waals surface area contributed by atoms with Gasteiger partial charge < -0.3 is 30.3 Å². The number of aliphatic hydroxyl groups excluding tert-OH is 1. The maximum Gasteiger partial charge on any atom is 0.319 e. The standard InChI is InChI=1S/C24H32N4O4/c1-27(2)17-20(22(29)18-7-4-3-5-8-18)16-25-24(31)26-21-10-6-9-19(15-21)23(30)28-11-13-32-14-12-28/h3-10,15,20,22,29H,11-14,16-17H2,1-2H3,(H2,25,26,31). The molecule has 8 heteroatoms. The average molecular weight is 441 g/mol. The minimum Gasteiger partial charge on any atom is -0.388 e. The lowest BCUT2D eigenvalue weighted by Crippen LogP contribution is -2.40. The van der Waals surface area contributed by atoms with Crippen molar-refractivity contribution in [1.82, 2.24) is 15.1 Å². The van der Waals surface area contributed by atoms with E-state index in [0.29, 0.717) is 50.6 Å². The van der Waals surface area contributed by atoms with E-state index in [2.05, 4.69) is 10.6 Å². The smallest absolute Gasteiger partial charge is 0.319 e. The third kappa shape index (κ3) is 6.78. The minimum absolute atomic E-state index is 0.0746. The number of benzene rings is 2. The zero-order chi connectivity index (χ0) is 22.9. The molecule has 1 fully saturated rings. The zero-order valence-electron chi connectivity index (χ0n) is 18.7. The summed E-state index contributed by atoms with van der Waals surface area (Å²) in [7, 11) is 3.86. The van der Waals surface area contributed by atoms with Gasteiger partial charge in [-0.3, -0.25) is 4.79 Å². The van der Waals surface area contributed by atoms with Crippen LogP contribution in [0.5, 0.6) is 0 Å². The van der Waals surface area contributed by atoms with Crippen molar-refractivity contribution in [2.45, 2.75) is 6.10 Å². The number of hydrogen-bond acceptors (Lipinski definition) is 5. The number of urea groups is 1. The van der Waals surface area contributed by atoms with Gasteiger partial charge in [-0.05, 0) is 37.9 Å². The number of morpholine rings is 1. The Morgan fingerprint density at radius 3 is 2.50 bits per heavy atom. The van der Waals surface area contributed by atoms with E-state index in [1.807, 2.05) is 49.3 Å². The molecule has 0 aromatic heterocycles. The number of nitrogens with zero attached hydrogens (tertiary/aromatic N) is 2. The van der Waals surface area contributed by atoms with Crippen LogP contribution in [0, 0.1) is 5.92 Å². The number of amides is 3. The maximum absolute atomic E-state index is 12.7. The van der Waals surface area contributed by atoms with E-state index in [9.17, 15) is 14.7 Å². The Bertz CT molecular complexity index is 885. The molecule has 172 valence electrons. The normalized spacial score (nSPS) is 15.8. The highest BCUT2D eigenvalue weighted by molar-refractivity contribution is 5.97. The molecule has 2 aromatic carbocycles. The van der Waals surface area contributed by atoms with Crippen LogP contribution in [-0.4, -0.2) is 80.3 Å². The summed E-state index contributed by atoms with van der Waals surface area (Å²) < 4.78 is 5.30. The maximum atomic E-state index is 12.7. The molecule has 3 amide bonds. The van der Waals surface area contributed by atoms with Crippen molar-refractivity contribution in [3.05, 3.63) is 65.7 Å². The Morgan fingerprint density at radius 1 is 1.09 bits per heavy atom. The summed E-state index contributed by atoms with van der Waals surface area (Å²) >= 11 is 0. The first-order valence-electron chi connectivity index (χ1n) is 10.8. The first kappa shape index (κ1) is 23.7. The van der Waals surface area contributed by atoms with Crippen molar-refractivity contribution in [2.24, 2.45) is 5.92 Å². The Labute approximate surface area is 189 Å². The SMILES string of the molecule is CN(C)CC(CNC(=O)Nc1cccc(C(=O)N2CCOCC2)c1)C(O)c1ccccc1. The van der Waals surface area contributed by atoms with Crippen molar-refractivity contribution in [3.63, 3.8) is 0 Å². The number of rotatable bonds is 8. The Morgan fingerprint density at radius 2 is 1.81 bits per heavy atom. The van der Waals surface area contributed by atoms with Crippen molar-refractivity contribution in [2.75, 3.05) is 58.8 Å². The molecular formula is C24H32N4O4. The molecule has 1 aliphatic rings. The summed E-state index contributed by atoms with van der Waals surface area (Å²) in [5, 5.41) is 16.4. The van der Waals surface area contributed by atoms with Gasteiger partial charge in [-0.25, -0.2) is 4.79 Å². The lowest BCUT2D eigenvalue weighted by molar-refractivity contribution is 0.0303. The summed E-state index contributed by atoms with van der Waals surface area (Å²) in [5.74, 6) is -0.262. The topological polar surface area (TPSA) is 94.1 Å². The van der Waals surface area contributed by atoms with Crippen LogP contribution < -0.4 is 10.6 Å². The van der Waals surface area contributed by atoms with Crippen LogP contribution in [0.4, 0.5) is 10.5 Å². The van der Waals surface area contributed by atoms with Crippen LogP contribution in [0.3, 0.4) is 0 Å². The van der Waals surface area contributed by atoms with Gasteiger partial charge in [0, 0.05) is 43.3 Å². The fraction of sp³-hybridized carbons (Fsp3) is 0.417. The van der Waals surface area contributed by atoms with Crippen molar-refractivity contribution < 1.29 is 19.4 Å². The van der Waals surface area contributed by atoms with Crippen molar-refractivity contribution in [1.29, 1.82) is 0 Å². The van der Waals surface area contributed by atoms with E-state index in [1.54, 1.807) is 29.2 Å². The van der Waals surface area contributed by atoms with E-state index in [1.165, 1.54) is 0 Å². The third-order valence-electron chi connectivity index (χ3n) is 5.38. The third-order valence-corrected chi connectivity index (χ3v) is 5.38. The number of anilines is 1. The van der Waals surface area contributed by atoms with Gasteiger partial charge in [-0.15, -0.1) is 0 Å². The second-order valence-corrected chi connectivity index (χ2v) is 8.20. The molecule has 0 spiro atoms. The lowest BCUT2D eigenvalue weighted by atomic mass is 9.95. The fourth-order valence-electron chi connectivity index (χ4n) is 3.75. The number of ether oxygens (including phenoxy) is 1. The molecule has 1 heterocycles. The first-order chi connectivity index (χ1) is 15.4. The van der Waals surface area contributed by atoms with Gasteiger partial charge in [0.25, 0.3) is 5.91 Å². The highest BCUT2D eigenvalue weighted by Gasteiger charge is 2.23. The first-order valence-corrected chi connectivity index (χ1v) is 10.8. The van der Waals surface area contributed by atoms with E-state index in [-0.39, 0.29) is 17.9 Å². The van der Waals surface area contributed by atoms with Gasteiger partial charge in [-0.1, -0.05) is 36.4 Å². The number of nitrogens with one attached hydrogen (secondary N) is 2. The lowest BCUT2D eigenvalue weighted by Gasteiger charge is -2.27. The minimum atomic E-state index is -0.701. The molecule has 3 N–H and O–H groups in total. The van der Waals surface area contributed by atoms with Crippen LogP contribution in [-0.2, 0) is 4.74 Å². The molecule has 2 unspecified atom stereocenters. The summed E-state index contributed by atoms with van der Waals surface area (Å²) in [6, 6.07) is 16.0. The highest BCUT2D eigenvalue weighted by Crippen LogP contribution is 2.22. The largest absolute Gasteiger partial charge is 0.388 e. The molecule has 0 radical (unpaired) electrons. The molecule has 3 rings (SSSR count). The Balaban J connectivity index is 1.58. The second kappa shape index (κ2) is 11.6. The van der Waals surface area contributed by atoms with Crippen LogP contribution in [0.2, 0.25) is 0 Å². The molecule has 0 aliphatic carbocycles. The molecule has 0 bridgehead atoms. The molecule has 1 saturated heterocycles. The molecular weight excluding hydrogens is 408 g/mol. The quantitative estimate of drug-likeness (QED) is 0.585. The van der Waals surface area contributed by atoms with Crippen LogP contribution in [0.25, 0.3) is 0 Å². The van der Waals surface area contributed by atoms with Gasteiger partial charge in [0.15, 0.2) is 0 Å². The van der Waals surface area contributed by atoms with Crippen LogP contribution in [0.15, 0.2) is 54.6 Å². The van der Waals surface area contributed by atoms with E-state index in [0.717, 1.165) is 5.56 Å². The fourth-order valence-corrected chi connectivity index (χ4v) is 3.75. The number of hydrogen-bond donors (Lipinski definition) is 3. The predicted octanol–water partition coefficient (Wildman–Crippen LogP) is 2.19. The summed E-state index contributed by atoms with van der Waals surface area (Å²) in [6.45, 7) is 3.11. The van der Waals surface area contributed by atoms with Gasteiger partial charge in [-0.2, -0.15) is 0 Å². The van der Waals surface area contributed by atoms with Gasteiger partial charge in [0.1, 0.15) is 0 Å². The van der Waals surface area contributed by atoms with Crippen LogP contribution in [0.1, 0.15) is 22.0 Å². The molecule has 32 heavy (non-hydrogen) atoms. The monoisotopic (exact) mass is 440 g/mol. The van der Waals surface area contributed by atoms with Gasteiger partial charge >= 0.3 is 6.03 Å². The summed E-state index contributed by atoms with van der Waals surface area (Å²) in [6.07, 6.45) is -0.701. The molecule has 2 atom stereocenters. The molecule has 2 aromatic rings. The van der Waals surface area contributed by atoms with Gasteiger partial charge in [0.05, 0.1) is 19.3 Å². The van der Waals surface area contributed by atoms with Crippen molar-refractivity contribution in [3.8, 4) is 0 Å². The van der Waals surface area contributed by atoms with E-state index < -0.39 is 6.10 Å². The van der Waals surface area contributed by atoms with Gasteiger partial charge in [0.2, 0.25) is 0 Å². The second-order valence-electron chi connectivity index (χ2n) is 8.20. The summed E-state index contributed by atoms with van der Waals surface area (Å²) in [5.41, 5.74) is 1.87. The molecule has 8 nitrogen and oxygen atoms in total. The van der Waals surface area contributed by atoms with E-state index in [4.69, 9.17) is 4.74 Å². The zero-order valence-corrected chi connectivity index (χ0v) is 18.7. The average Bonchev–Trinajstić information content (AvgIpc) is 2.82. The molecule has 0 saturated carbocycles. The predicted molar refractivity (Wildman–Crippen MR) is 124 cm³/mol. The number of aliphatic hydroxyl groups is 1. The van der Waals surface area contributed by atoms with E-state index >= 15 is 0 Å². The molecule has 1 aliphatic heterocycles.